The first-order valence-corrected chi connectivity index (χ1v) is 9.00. The minimum Gasteiger partial charge on any atom is -0.481 e. The molecule has 1 atom stereocenters. The molecule has 25 heavy (non-hydrogen) atoms. The summed E-state index contributed by atoms with van der Waals surface area (Å²) < 4.78 is 0. The molecule has 1 aliphatic rings. The van der Waals surface area contributed by atoms with Crippen molar-refractivity contribution in [2.75, 3.05) is 32.7 Å². The van der Waals surface area contributed by atoms with E-state index in [1.54, 1.807) is 0 Å². The molecular weight excluding hydrogens is 336 g/mol. The summed E-state index contributed by atoms with van der Waals surface area (Å²) in [7, 11) is 0. The molecule has 0 spiro atoms. The highest BCUT2D eigenvalue weighted by Gasteiger charge is 2.26. The molecule has 0 aliphatic carbocycles. The summed E-state index contributed by atoms with van der Waals surface area (Å²) in [5.74, 6) is -0.731. The Morgan fingerprint density at radius 3 is 2.16 bits per heavy atom. The lowest BCUT2D eigenvalue weighted by atomic mass is 9.96. The molecule has 1 heterocycles. The summed E-state index contributed by atoms with van der Waals surface area (Å²) >= 11 is 6.06. The number of piperazine rings is 1. The van der Waals surface area contributed by atoms with Crippen molar-refractivity contribution in [3.63, 3.8) is 0 Å². The van der Waals surface area contributed by atoms with E-state index in [0.717, 1.165) is 31.2 Å². The van der Waals surface area contributed by atoms with Gasteiger partial charge in [0.2, 0.25) is 0 Å². The standard InChI is InChI=1S/C20H23ClN2O2/c21-18-8-6-17(7-9-18)20(16-4-2-1-3-5-16)23-14-12-22(13-15-23)11-10-19(24)25/h1-9,20H,10-15H2,(H,24,25). The normalized spacial score (nSPS) is 17.3. The van der Waals surface area contributed by atoms with Gasteiger partial charge in [-0.2, -0.15) is 0 Å². The number of hydrogen-bond donors (Lipinski definition) is 1. The molecule has 0 amide bonds. The quantitative estimate of drug-likeness (QED) is 0.858. The molecular formula is C20H23ClN2O2. The van der Waals surface area contributed by atoms with E-state index in [1.165, 1.54) is 11.1 Å². The number of carboxylic acids is 1. The van der Waals surface area contributed by atoms with E-state index in [9.17, 15) is 4.79 Å². The first-order chi connectivity index (χ1) is 12.1. The molecule has 1 fully saturated rings. The molecule has 1 aliphatic heterocycles. The zero-order valence-corrected chi connectivity index (χ0v) is 14.9. The fourth-order valence-corrected chi connectivity index (χ4v) is 3.52. The van der Waals surface area contributed by atoms with Crippen molar-refractivity contribution in [2.45, 2.75) is 12.5 Å². The van der Waals surface area contributed by atoms with Crippen molar-refractivity contribution in [1.29, 1.82) is 0 Å². The second-order valence-electron chi connectivity index (χ2n) is 6.39. The second kappa shape index (κ2) is 8.48. The lowest BCUT2D eigenvalue weighted by molar-refractivity contribution is -0.137. The maximum atomic E-state index is 10.8. The third-order valence-corrected chi connectivity index (χ3v) is 4.97. The van der Waals surface area contributed by atoms with Crippen LogP contribution in [-0.2, 0) is 4.79 Å². The van der Waals surface area contributed by atoms with Crippen LogP contribution in [0.1, 0.15) is 23.6 Å². The number of halogens is 1. The van der Waals surface area contributed by atoms with Gasteiger partial charge in [-0.15, -0.1) is 0 Å². The van der Waals surface area contributed by atoms with Gasteiger partial charge in [0.15, 0.2) is 0 Å². The molecule has 0 bridgehead atoms. The number of rotatable bonds is 6. The van der Waals surface area contributed by atoms with Crippen molar-refractivity contribution >= 4 is 17.6 Å². The summed E-state index contributed by atoms with van der Waals surface area (Å²) in [4.78, 5) is 15.5. The van der Waals surface area contributed by atoms with Crippen LogP contribution >= 0.6 is 11.6 Å². The minimum atomic E-state index is -0.731. The Hall–Kier alpha value is -1.88. The Morgan fingerprint density at radius 2 is 1.56 bits per heavy atom. The van der Waals surface area contributed by atoms with Crippen LogP contribution < -0.4 is 0 Å². The Kier molecular flexibility index (Phi) is 6.08. The van der Waals surface area contributed by atoms with Crippen LogP contribution in [0.5, 0.6) is 0 Å². The zero-order chi connectivity index (χ0) is 17.6. The van der Waals surface area contributed by atoms with Crippen LogP contribution in [0.3, 0.4) is 0 Å². The summed E-state index contributed by atoms with van der Waals surface area (Å²) in [6.07, 6.45) is 0.208. The van der Waals surface area contributed by atoms with Gasteiger partial charge in [-0.05, 0) is 23.3 Å². The molecule has 0 radical (unpaired) electrons. The third-order valence-electron chi connectivity index (χ3n) is 4.71. The van der Waals surface area contributed by atoms with Crippen molar-refractivity contribution in [1.82, 2.24) is 9.80 Å². The molecule has 1 N–H and O–H groups in total. The van der Waals surface area contributed by atoms with Crippen molar-refractivity contribution in [3.05, 3.63) is 70.7 Å². The number of carboxylic acid groups (broad SMARTS) is 1. The van der Waals surface area contributed by atoms with Gasteiger partial charge >= 0.3 is 5.97 Å². The first-order valence-electron chi connectivity index (χ1n) is 8.62. The van der Waals surface area contributed by atoms with E-state index in [-0.39, 0.29) is 12.5 Å². The van der Waals surface area contributed by atoms with E-state index in [1.807, 2.05) is 18.2 Å². The maximum absolute atomic E-state index is 10.8. The molecule has 1 unspecified atom stereocenters. The highest BCUT2D eigenvalue weighted by molar-refractivity contribution is 6.30. The highest BCUT2D eigenvalue weighted by atomic mass is 35.5. The van der Waals surface area contributed by atoms with E-state index in [4.69, 9.17) is 16.7 Å². The maximum Gasteiger partial charge on any atom is 0.304 e. The van der Waals surface area contributed by atoms with Crippen LogP contribution in [0.25, 0.3) is 0 Å². The van der Waals surface area contributed by atoms with Gasteiger partial charge in [-0.1, -0.05) is 54.1 Å². The summed E-state index contributed by atoms with van der Waals surface area (Å²) in [6.45, 7) is 4.25. The zero-order valence-electron chi connectivity index (χ0n) is 14.1. The third kappa shape index (κ3) is 4.82. The SMILES string of the molecule is O=C(O)CCN1CCN(C(c2ccccc2)c2ccc(Cl)cc2)CC1. The van der Waals surface area contributed by atoms with Crippen LogP contribution in [0, 0.1) is 0 Å². The predicted molar refractivity (Wildman–Crippen MR) is 100 cm³/mol. The Bertz CT molecular complexity index is 683. The number of hydrogen-bond acceptors (Lipinski definition) is 3. The lowest BCUT2D eigenvalue weighted by Crippen LogP contribution is -2.48. The largest absolute Gasteiger partial charge is 0.481 e. The molecule has 5 heteroatoms. The number of benzene rings is 2. The van der Waals surface area contributed by atoms with Crippen molar-refractivity contribution < 1.29 is 9.90 Å². The van der Waals surface area contributed by atoms with Gasteiger partial charge in [0.05, 0.1) is 12.5 Å². The summed E-state index contributed by atoms with van der Waals surface area (Å²) in [6, 6.07) is 18.8. The van der Waals surface area contributed by atoms with E-state index in [0.29, 0.717) is 6.54 Å². The topological polar surface area (TPSA) is 43.8 Å². The Balaban J connectivity index is 1.75. The molecule has 0 saturated carbocycles. The van der Waals surface area contributed by atoms with E-state index >= 15 is 0 Å². The smallest absolute Gasteiger partial charge is 0.304 e. The first kappa shape index (κ1) is 17.9. The lowest BCUT2D eigenvalue weighted by Gasteiger charge is -2.39. The van der Waals surface area contributed by atoms with Gasteiger partial charge in [0.1, 0.15) is 0 Å². The Morgan fingerprint density at radius 1 is 0.960 bits per heavy atom. The monoisotopic (exact) mass is 358 g/mol. The van der Waals surface area contributed by atoms with Crippen LogP contribution in [-0.4, -0.2) is 53.6 Å². The average Bonchev–Trinajstić information content (AvgIpc) is 2.64. The second-order valence-corrected chi connectivity index (χ2v) is 6.82. The van der Waals surface area contributed by atoms with E-state index in [2.05, 4.69) is 46.2 Å². The molecule has 1 saturated heterocycles. The van der Waals surface area contributed by atoms with Gasteiger partial charge in [0.25, 0.3) is 0 Å². The van der Waals surface area contributed by atoms with Crippen molar-refractivity contribution in [2.24, 2.45) is 0 Å². The highest BCUT2D eigenvalue weighted by Crippen LogP contribution is 2.30. The Labute approximate surface area is 153 Å². The average molecular weight is 359 g/mol. The molecule has 132 valence electrons. The summed E-state index contributed by atoms with van der Waals surface area (Å²) in [5.41, 5.74) is 2.50. The molecule has 3 rings (SSSR count). The molecule has 2 aromatic rings. The van der Waals surface area contributed by atoms with Gasteiger partial charge in [-0.3, -0.25) is 9.69 Å². The minimum absolute atomic E-state index is 0.195. The molecule has 4 nitrogen and oxygen atoms in total. The van der Waals surface area contributed by atoms with Crippen LogP contribution in [0.15, 0.2) is 54.6 Å². The van der Waals surface area contributed by atoms with E-state index < -0.39 is 5.97 Å². The van der Waals surface area contributed by atoms with Gasteiger partial charge in [0, 0.05) is 37.7 Å². The number of carbonyl (C=O) groups is 1. The molecule has 2 aromatic carbocycles. The number of nitrogens with zero attached hydrogens (tertiary/aromatic N) is 2. The van der Waals surface area contributed by atoms with Gasteiger partial charge < -0.3 is 10.0 Å². The van der Waals surface area contributed by atoms with Crippen LogP contribution in [0.4, 0.5) is 0 Å². The fourth-order valence-electron chi connectivity index (χ4n) is 3.39. The predicted octanol–water partition coefficient (Wildman–Crippen LogP) is 3.52. The van der Waals surface area contributed by atoms with Gasteiger partial charge in [-0.25, -0.2) is 0 Å². The van der Waals surface area contributed by atoms with Crippen LogP contribution in [0.2, 0.25) is 5.02 Å². The fraction of sp³-hybridized carbons (Fsp3) is 0.350. The molecule has 0 aromatic heterocycles. The van der Waals surface area contributed by atoms with Crippen molar-refractivity contribution in [3.8, 4) is 0 Å². The number of aliphatic carboxylic acids is 1. The summed E-state index contributed by atoms with van der Waals surface area (Å²) in [5, 5.41) is 9.60.